The van der Waals surface area contributed by atoms with Crippen LogP contribution in [0, 0.1) is 0 Å². The van der Waals surface area contributed by atoms with Gasteiger partial charge in [0.25, 0.3) is 0 Å². The summed E-state index contributed by atoms with van der Waals surface area (Å²) in [6.45, 7) is 0.802. The standard InChI is InChI=1S/C15H18N2O3S/c1-16-11-12-3-5-13(6-4-12)20-14-7-9-15(10-8-14)21(18,19)17-2/h3-10,16-17H,11H2,1-2H3. The van der Waals surface area contributed by atoms with Gasteiger partial charge in [-0.3, -0.25) is 0 Å². The zero-order valence-corrected chi connectivity index (χ0v) is 12.8. The summed E-state index contributed by atoms with van der Waals surface area (Å²) in [5, 5.41) is 3.08. The molecule has 0 aliphatic heterocycles. The summed E-state index contributed by atoms with van der Waals surface area (Å²) in [6.07, 6.45) is 0. The van der Waals surface area contributed by atoms with E-state index in [0.29, 0.717) is 11.5 Å². The van der Waals surface area contributed by atoms with Crippen LogP contribution >= 0.6 is 0 Å². The molecule has 5 nitrogen and oxygen atoms in total. The van der Waals surface area contributed by atoms with Gasteiger partial charge in [0, 0.05) is 6.54 Å². The zero-order valence-electron chi connectivity index (χ0n) is 12.0. The molecule has 6 heteroatoms. The van der Waals surface area contributed by atoms with E-state index in [2.05, 4.69) is 10.0 Å². The SMILES string of the molecule is CNCc1ccc(Oc2ccc(S(=O)(=O)NC)cc2)cc1. The average molecular weight is 306 g/mol. The van der Waals surface area contributed by atoms with Crippen molar-refractivity contribution in [1.29, 1.82) is 0 Å². The fourth-order valence-electron chi connectivity index (χ4n) is 1.82. The van der Waals surface area contributed by atoms with Crippen molar-refractivity contribution in [3.8, 4) is 11.5 Å². The fourth-order valence-corrected chi connectivity index (χ4v) is 2.55. The minimum atomic E-state index is -3.41. The zero-order chi connectivity index (χ0) is 15.3. The summed E-state index contributed by atoms with van der Waals surface area (Å²) in [4.78, 5) is 0.210. The molecular formula is C15H18N2O3S. The molecular weight excluding hydrogens is 288 g/mol. The summed E-state index contributed by atoms with van der Waals surface area (Å²) in [7, 11) is -0.137. The number of sulfonamides is 1. The topological polar surface area (TPSA) is 67.4 Å². The molecule has 0 saturated heterocycles. The summed E-state index contributed by atoms with van der Waals surface area (Å²) >= 11 is 0. The van der Waals surface area contributed by atoms with Crippen LogP contribution in [0.5, 0.6) is 11.5 Å². The van der Waals surface area contributed by atoms with E-state index in [4.69, 9.17) is 4.74 Å². The number of benzene rings is 2. The first kappa shape index (κ1) is 15.5. The van der Waals surface area contributed by atoms with E-state index < -0.39 is 10.0 Å². The van der Waals surface area contributed by atoms with Gasteiger partial charge >= 0.3 is 0 Å². The second-order valence-electron chi connectivity index (χ2n) is 4.46. The summed E-state index contributed by atoms with van der Waals surface area (Å²) in [6, 6.07) is 14.0. The average Bonchev–Trinajstić information content (AvgIpc) is 2.50. The Balaban J connectivity index is 2.10. The van der Waals surface area contributed by atoms with Gasteiger partial charge in [-0.05, 0) is 56.1 Å². The summed E-state index contributed by atoms with van der Waals surface area (Å²) in [5.74, 6) is 1.30. The van der Waals surface area contributed by atoms with Gasteiger partial charge < -0.3 is 10.1 Å². The highest BCUT2D eigenvalue weighted by atomic mass is 32.2. The van der Waals surface area contributed by atoms with Gasteiger partial charge in [-0.1, -0.05) is 12.1 Å². The molecule has 0 aliphatic rings. The van der Waals surface area contributed by atoms with E-state index in [9.17, 15) is 8.42 Å². The highest BCUT2D eigenvalue weighted by Crippen LogP contribution is 2.23. The molecule has 0 atom stereocenters. The van der Waals surface area contributed by atoms with Gasteiger partial charge in [0.15, 0.2) is 0 Å². The monoisotopic (exact) mass is 306 g/mol. The molecule has 0 saturated carbocycles. The molecule has 0 aliphatic carbocycles. The Morgan fingerprint density at radius 1 is 0.905 bits per heavy atom. The van der Waals surface area contributed by atoms with Crippen molar-refractivity contribution in [3.63, 3.8) is 0 Å². The first-order chi connectivity index (χ1) is 10.0. The van der Waals surface area contributed by atoms with Crippen LogP contribution < -0.4 is 14.8 Å². The van der Waals surface area contributed by atoms with Crippen molar-refractivity contribution in [2.24, 2.45) is 0 Å². The Morgan fingerprint density at radius 2 is 1.43 bits per heavy atom. The molecule has 0 fully saturated rings. The van der Waals surface area contributed by atoms with Crippen molar-refractivity contribution in [2.45, 2.75) is 11.4 Å². The molecule has 0 heterocycles. The maximum absolute atomic E-state index is 11.6. The van der Waals surface area contributed by atoms with Crippen molar-refractivity contribution in [3.05, 3.63) is 54.1 Å². The summed E-state index contributed by atoms with van der Waals surface area (Å²) < 4.78 is 31.2. The second-order valence-corrected chi connectivity index (χ2v) is 6.34. The number of hydrogen-bond acceptors (Lipinski definition) is 4. The molecule has 0 spiro atoms. The third-order valence-corrected chi connectivity index (χ3v) is 4.37. The van der Waals surface area contributed by atoms with Gasteiger partial charge in [0.1, 0.15) is 11.5 Å². The second kappa shape index (κ2) is 6.71. The highest BCUT2D eigenvalue weighted by molar-refractivity contribution is 7.89. The van der Waals surface area contributed by atoms with Crippen LogP contribution in [0.4, 0.5) is 0 Å². The maximum Gasteiger partial charge on any atom is 0.240 e. The lowest BCUT2D eigenvalue weighted by molar-refractivity contribution is 0.482. The van der Waals surface area contributed by atoms with Crippen LogP contribution in [-0.2, 0) is 16.6 Å². The van der Waals surface area contributed by atoms with Crippen molar-refractivity contribution < 1.29 is 13.2 Å². The first-order valence-corrected chi connectivity index (χ1v) is 7.98. The van der Waals surface area contributed by atoms with Gasteiger partial charge in [-0.2, -0.15) is 0 Å². The van der Waals surface area contributed by atoms with Crippen LogP contribution in [0.25, 0.3) is 0 Å². The van der Waals surface area contributed by atoms with E-state index in [0.717, 1.165) is 6.54 Å². The molecule has 21 heavy (non-hydrogen) atoms. The van der Waals surface area contributed by atoms with Gasteiger partial charge in [0.05, 0.1) is 4.90 Å². The minimum Gasteiger partial charge on any atom is -0.457 e. The predicted octanol–water partition coefficient (Wildman–Crippen LogP) is 2.11. The molecule has 0 radical (unpaired) electrons. The number of hydrogen-bond donors (Lipinski definition) is 2. The van der Waals surface area contributed by atoms with E-state index >= 15 is 0 Å². The minimum absolute atomic E-state index is 0.210. The van der Waals surface area contributed by atoms with E-state index in [1.54, 1.807) is 12.1 Å². The molecule has 112 valence electrons. The summed E-state index contributed by atoms with van der Waals surface area (Å²) in [5.41, 5.74) is 1.17. The lowest BCUT2D eigenvalue weighted by atomic mass is 10.2. The molecule has 0 aromatic heterocycles. The van der Waals surface area contributed by atoms with Crippen LogP contribution in [0.3, 0.4) is 0 Å². The third-order valence-electron chi connectivity index (χ3n) is 2.94. The lowest BCUT2D eigenvalue weighted by Crippen LogP contribution is -2.18. The molecule has 2 rings (SSSR count). The van der Waals surface area contributed by atoms with Gasteiger partial charge in [-0.25, -0.2) is 13.1 Å². The largest absolute Gasteiger partial charge is 0.457 e. The quantitative estimate of drug-likeness (QED) is 0.858. The Morgan fingerprint density at radius 3 is 1.90 bits per heavy atom. The molecule has 0 unspecified atom stereocenters. The first-order valence-electron chi connectivity index (χ1n) is 6.50. The molecule has 0 bridgehead atoms. The van der Waals surface area contributed by atoms with Gasteiger partial charge in [-0.15, -0.1) is 0 Å². The molecule has 0 amide bonds. The predicted molar refractivity (Wildman–Crippen MR) is 82.0 cm³/mol. The Kier molecular flexibility index (Phi) is 4.95. The van der Waals surface area contributed by atoms with E-state index in [1.807, 2.05) is 31.3 Å². The Hall–Kier alpha value is -1.89. The van der Waals surface area contributed by atoms with Crippen LogP contribution in [0.15, 0.2) is 53.4 Å². The molecule has 2 aromatic carbocycles. The smallest absolute Gasteiger partial charge is 0.240 e. The van der Waals surface area contributed by atoms with Crippen LogP contribution in [-0.4, -0.2) is 22.5 Å². The van der Waals surface area contributed by atoms with E-state index in [-0.39, 0.29) is 4.90 Å². The number of rotatable bonds is 6. The van der Waals surface area contributed by atoms with Crippen molar-refractivity contribution in [1.82, 2.24) is 10.0 Å². The molecule has 2 N–H and O–H groups in total. The van der Waals surface area contributed by atoms with E-state index in [1.165, 1.54) is 24.7 Å². The van der Waals surface area contributed by atoms with Gasteiger partial charge in [0.2, 0.25) is 10.0 Å². The normalized spacial score (nSPS) is 11.3. The number of ether oxygens (including phenoxy) is 1. The van der Waals surface area contributed by atoms with Crippen LogP contribution in [0.2, 0.25) is 0 Å². The maximum atomic E-state index is 11.6. The Labute approximate surface area is 125 Å². The van der Waals surface area contributed by atoms with Crippen molar-refractivity contribution >= 4 is 10.0 Å². The molecule has 2 aromatic rings. The number of nitrogens with one attached hydrogen (secondary N) is 2. The Bertz CT molecular complexity index is 680. The van der Waals surface area contributed by atoms with Crippen molar-refractivity contribution in [2.75, 3.05) is 14.1 Å². The highest BCUT2D eigenvalue weighted by Gasteiger charge is 2.10. The lowest BCUT2D eigenvalue weighted by Gasteiger charge is -2.08. The van der Waals surface area contributed by atoms with Crippen LogP contribution in [0.1, 0.15) is 5.56 Å². The third kappa shape index (κ3) is 4.04. The fraction of sp³-hybridized carbons (Fsp3) is 0.200.